The van der Waals surface area contributed by atoms with Gasteiger partial charge >= 0.3 is 27.6 Å². The van der Waals surface area contributed by atoms with E-state index in [4.69, 9.17) is 23.8 Å². The second-order valence-corrected chi connectivity index (χ2v) is 19.6. The van der Waals surface area contributed by atoms with Crippen LogP contribution in [-0.4, -0.2) is 98.6 Å². The van der Waals surface area contributed by atoms with Gasteiger partial charge in [0.2, 0.25) is 0 Å². The second-order valence-electron chi connectivity index (χ2n) is 16.9. The molecular formula is C44H80O16P2. The first-order chi connectivity index (χ1) is 29.4. The Balaban J connectivity index is 2.56. The minimum Gasteiger partial charge on any atom is -0.462 e. The Morgan fingerprint density at radius 1 is 0.726 bits per heavy atom. The Bertz CT molecular complexity index is 1370. The largest absolute Gasteiger partial charge is 0.472 e. The van der Waals surface area contributed by atoms with E-state index in [1.165, 1.54) is 51.4 Å². The average molecular weight is 927 g/mol. The van der Waals surface area contributed by atoms with Crippen LogP contribution in [0.25, 0.3) is 0 Å². The van der Waals surface area contributed by atoms with Gasteiger partial charge < -0.3 is 39.5 Å². The molecule has 0 heterocycles. The van der Waals surface area contributed by atoms with E-state index in [0.29, 0.717) is 32.1 Å². The molecule has 62 heavy (non-hydrogen) atoms. The molecule has 0 bridgehead atoms. The van der Waals surface area contributed by atoms with Gasteiger partial charge in [0.05, 0.1) is 32.0 Å². The zero-order chi connectivity index (χ0) is 46.2. The molecule has 0 saturated heterocycles. The van der Waals surface area contributed by atoms with Crippen LogP contribution in [-0.2, 0) is 46.6 Å². The molecule has 362 valence electrons. The van der Waals surface area contributed by atoms with Crippen LogP contribution in [0.15, 0.2) is 24.3 Å². The van der Waals surface area contributed by atoms with Crippen molar-refractivity contribution in [3.63, 3.8) is 0 Å². The highest BCUT2D eigenvalue weighted by Gasteiger charge is 2.39. The highest BCUT2D eigenvalue weighted by atomic mass is 31.2. The van der Waals surface area contributed by atoms with Crippen LogP contribution in [0.5, 0.6) is 0 Å². The molecule has 0 aromatic heterocycles. The predicted octanol–water partition coefficient (Wildman–Crippen LogP) is 8.34. The van der Waals surface area contributed by atoms with Crippen molar-refractivity contribution in [2.45, 2.75) is 193 Å². The summed E-state index contributed by atoms with van der Waals surface area (Å²) in [5.74, 6) is -1.31. The molecule has 18 heteroatoms. The lowest BCUT2D eigenvalue weighted by atomic mass is 9.90. The van der Waals surface area contributed by atoms with Crippen LogP contribution in [0.2, 0.25) is 0 Å². The van der Waals surface area contributed by atoms with E-state index in [0.717, 1.165) is 50.9 Å². The Kier molecular flexibility index (Phi) is 32.4. The first-order valence-corrected chi connectivity index (χ1v) is 26.0. The number of aliphatic hydroxyl groups excluding tert-OH is 3. The number of phosphoric acid groups is 2. The summed E-state index contributed by atoms with van der Waals surface area (Å²) in [6, 6.07) is 0. The maximum Gasteiger partial charge on any atom is 0.472 e. The summed E-state index contributed by atoms with van der Waals surface area (Å²) in [4.78, 5) is 65.5. The number of hydrogen-bond donors (Lipinski definition) is 6. The van der Waals surface area contributed by atoms with Crippen LogP contribution in [0, 0.1) is 17.8 Å². The quantitative estimate of drug-likeness (QED) is 0.0147. The molecule has 0 aromatic rings. The molecule has 0 aromatic carbocycles. The zero-order valence-electron chi connectivity index (χ0n) is 37.6. The molecule has 1 fully saturated rings. The van der Waals surface area contributed by atoms with Crippen molar-refractivity contribution in [2.75, 3.05) is 26.4 Å². The summed E-state index contributed by atoms with van der Waals surface area (Å²) in [5, 5.41) is 30.5. The fraction of sp³-hybridized carbons (Fsp3) is 0.841. The molecule has 0 spiro atoms. The van der Waals surface area contributed by atoms with Crippen molar-refractivity contribution in [1.82, 2.24) is 0 Å². The standard InChI is InChI=1S/C44H80O16P2/c1-4-5-18-24-36(45)28-29-40-39(41(47)30-42(40)48)25-20-16-17-22-27-44(50)60-38(34-59-62(54,55)58-32-37(46)31-57-61(51,52)53)33-56-43(49)26-21-15-13-11-9-7-6-8-10-12-14-19-23-35(2)3/h16,20,28-29,35-40,42,45-46,48H,4-15,17-19,21-27,30-34H2,1-3H3,(H,54,55)(H2,51,52,53)/b20-16-,29-28+/t36-,37-,38+,39+,40+,42+/m0/s1. The molecule has 1 aliphatic carbocycles. The van der Waals surface area contributed by atoms with Crippen molar-refractivity contribution in [1.29, 1.82) is 0 Å². The number of phosphoric ester groups is 2. The Morgan fingerprint density at radius 2 is 1.29 bits per heavy atom. The van der Waals surface area contributed by atoms with Crippen molar-refractivity contribution in [3.05, 3.63) is 24.3 Å². The molecule has 1 aliphatic rings. The van der Waals surface area contributed by atoms with Gasteiger partial charge in [-0.2, -0.15) is 0 Å². The SMILES string of the molecule is CCCCC[C@H](O)/C=C/[C@H]1[C@H](O)CC(=O)[C@@H]1C/C=C\CCCC(=O)O[C@H](COC(=O)CCCCCCCCCCCCCCC(C)C)COP(=O)(O)OC[C@@H](O)COP(=O)(O)O. The van der Waals surface area contributed by atoms with Crippen LogP contribution >= 0.6 is 15.6 Å². The Hall–Kier alpha value is -1.81. The maximum absolute atomic E-state index is 12.8. The maximum atomic E-state index is 12.8. The van der Waals surface area contributed by atoms with Crippen LogP contribution in [0.4, 0.5) is 0 Å². The van der Waals surface area contributed by atoms with Crippen LogP contribution < -0.4 is 0 Å². The molecule has 7 atom stereocenters. The number of ether oxygens (including phenoxy) is 2. The van der Waals surface area contributed by atoms with Gasteiger partial charge in [-0.25, -0.2) is 9.13 Å². The van der Waals surface area contributed by atoms with Gasteiger partial charge in [0, 0.05) is 31.1 Å². The number of Topliss-reactive ketones (excluding diaryl/α,β-unsaturated/α-hetero) is 1. The van der Waals surface area contributed by atoms with Gasteiger partial charge in [0.1, 0.15) is 18.5 Å². The van der Waals surface area contributed by atoms with E-state index in [9.17, 15) is 43.7 Å². The number of carbonyl (C=O) groups excluding carboxylic acids is 3. The van der Waals surface area contributed by atoms with Crippen LogP contribution in [0.3, 0.4) is 0 Å². The summed E-state index contributed by atoms with van der Waals surface area (Å²) >= 11 is 0. The van der Waals surface area contributed by atoms with E-state index >= 15 is 0 Å². The number of carbonyl (C=O) groups is 3. The normalized spacial score (nSPS) is 19.6. The number of rotatable bonds is 39. The lowest BCUT2D eigenvalue weighted by Crippen LogP contribution is -2.29. The van der Waals surface area contributed by atoms with Gasteiger partial charge in [-0.3, -0.25) is 28.0 Å². The van der Waals surface area contributed by atoms with E-state index in [-0.39, 0.29) is 25.0 Å². The van der Waals surface area contributed by atoms with E-state index < -0.39 is 90.3 Å². The molecular weight excluding hydrogens is 846 g/mol. The average Bonchev–Trinajstić information content (AvgIpc) is 3.47. The van der Waals surface area contributed by atoms with Crippen molar-refractivity contribution >= 4 is 33.4 Å². The first-order valence-electron chi connectivity index (χ1n) is 23.0. The van der Waals surface area contributed by atoms with Crippen molar-refractivity contribution in [2.24, 2.45) is 17.8 Å². The number of ketones is 1. The van der Waals surface area contributed by atoms with Gasteiger partial charge in [-0.05, 0) is 38.0 Å². The monoisotopic (exact) mass is 926 g/mol. The second kappa shape index (κ2) is 34.5. The summed E-state index contributed by atoms with van der Waals surface area (Å²) < 4.78 is 47.8. The topological polar surface area (TPSA) is 253 Å². The number of allylic oxidation sites excluding steroid dienone is 2. The molecule has 1 rings (SSSR count). The van der Waals surface area contributed by atoms with E-state index in [1.807, 2.05) is 12.2 Å². The molecule has 0 amide bonds. The molecule has 0 aliphatic heterocycles. The van der Waals surface area contributed by atoms with Crippen molar-refractivity contribution < 1.29 is 76.6 Å². The van der Waals surface area contributed by atoms with E-state index in [2.05, 4.69) is 29.8 Å². The third kappa shape index (κ3) is 31.9. The van der Waals surface area contributed by atoms with Gasteiger partial charge in [0.25, 0.3) is 0 Å². The lowest BCUT2D eigenvalue weighted by Gasteiger charge is -2.20. The number of hydrogen-bond acceptors (Lipinski definition) is 13. The van der Waals surface area contributed by atoms with Gasteiger partial charge in [-0.15, -0.1) is 0 Å². The Morgan fingerprint density at radius 3 is 1.90 bits per heavy atom. The lowest BCUT2D eigenvalue weighted by molar-refractivity contribution is -0.161. The minimum absolute atomic E-state index is 0.0490. The zero-order valence-corrected chi connectivity index (χ0v) is 39.4. The molecule has 1 saturated carbocycles. The molecule has 6 N–H and O–H groups in total. The van der Waals surface area contributed by atoms with E-state index in [1.54, 1.807) is 12.2 Å². The number of esters is 2. The number of unbranched alkanes of at least 4 members (excludes halogenated alkanes) is 14. The molecule has 16 nitrogen and oxygen atoms in total. The fourth-order valence-corrected chi connectivity index (χ4v) is 8.20. The molecule has 1 unspecified atom stereocenters. The summed E-state index contributed by atoms with van der Waals surface area (Å²) in [6.45, 7) is 3.66. The highest BCUT2D eigenvalue weighted by Crippen LogP contribution is 2.44. The minimum atomic E-state index is -4.90. The van der Waals surface area contributed by atoms with Gasteiger partial charge in [0.15, 0.2) is 6.10 Å². The highest BCUT2D eigenvalue weighted by molar-refractivity contribution is 7.47. The summed E-state index contributed by atoms with van der Waals surface area (Å²) in [5.41, 5.74) is 0. The Labute approximate surface area is 370 Å². The first kappa shape index (κ1) is 58.2. The van der Waals surface area contributed by atoms with Gasteiger partial charge in [-0.1, -0.05) is 141 Å². The fourth-order valence-electron chi connectivity index (χ4n) is 7.04. The van der Waals surface area contributed by atoms with Crippen molar-refractivity contribution in [3.8, 4) is 0 Å². The summed E-state index contributed by atoms with van der Waals surface area (Å²) in [6.07, 6.45) is 22.6. The third-order valence-corrected chi connectivity index (χ3v) is 12.1. The predicted molar refractivity (Wildman–Crippen MR) is 236 cm³/mol. The smallest absolute Gasteiger partial charge is 0.462 e. The van der Waals surface area contributed by atoms with Crippen LogP contribution in [0.1, 0.15) is 168 Å². The number of aliphatic hydroxyl groups is 3. The summed E-state index contributed by atoms with van der Waals surface area (Å²) in [7, 11) is -9.78. The third-order valence-electron chi connectivity index (χ3n) is 10.6. The molecule has 0 radical (unpaired) electrons.